The first-order valence-corrected chi connectivity index (χ1v) is 13.3. The Kier molecular flexibility index (Phi) is 5.53. The van der Waals surface area contributed by atoms with Crippen molar-refractivity contribution < 1.29 is 4.79 Å². The van der Waals surface area contributed by atoms with Crippen LogP contribution in [0.25, 0.3) is 0 Å². The van der Waals surface area contributed by atoms with Crippen molar-refractivity contribution in [3.8, 4) is 0 Å². The minimum Gasteiger partial charge on any atom is -0.343 e. The third-order valence-corrected chi connectivity index (χ3v) is 11.0. The molecule has 0 heterocycles. The van der Waals surface area contributed by atoms with Gasteiger partial charge in [0.05, 0.1) is 0 Å². The molecule has 164 valence electrons. The van der Waals surface area contributed by atoms with Crippen LogP contribution in [0.15, 0.2) is 0 Å². The van der Waals surface area contributed by atoms with Crippen LogP contribution in [0.4, 0.5) is 0 Å². The highest BCUT2D eigenvalue weighted by Gasteiger charge is 2.58. The molecule has 0 bridgehead atoms. The van der Waals surface area contributed by atoms with Gasteiger partial charge in [0.25, 0.3) is 0 Å². The van der Waals surface area contributed by atoms with Crippen molar-refractivity contribution in [2.45, 2.75) is 110 Å². The fourth-order valence-corrected chi connectivity index (χ4v) is 9.39. The second-order valence-electron chi connectivity index (χ2n) is 12.3. The number of hydrogen-bond donors (Lipinski definition) is 0. The Morgan fingerprint density at radius 3 is 2.38 bits per heavy atom. The summed E-state index contributed by atoms with van der Waals surface area (Å²) in [6.07, 6.45) is 19.2. The second-order valence-corrected chi connectivity index (χ2v) is 12.3. The average molecular weight is 400 g/mol. The van der Waals surface area contributed by atoms with Crippen molar-refractivity contribution >= 4 is 5.91 Å². The molecule has 0 saturated heterocycles. The molecular weight excluding hydrogens is 354 g/mol. The topological polar surface area (TPSA) is 20.3 Å². The summed E-state index contributed by atoms with van der Waals surface area (Å²) in [5.74, 6) is 6.59. The van der Waals surface area contributed by atoms with Crippen LogP contribution in [-0.2, 0) is 4.79 Å². The van der Waals surface area contributed by atoms with Crippen LogP contribution in [0.2, 0.25) is 0 Å². The maximum atomic E-state index is 13.7. The fourth-order valence-electron chi connectivity index (χ4n) is 9.39. The van der Waals surface area contributed by atoms with Crippen LogP contribution in [0.1, 0.15) is 104 Å². The van der Waals surface area contributed by atoms with E-state index in [4.69, 9.17) is 0 Å². The van der Waals surface area contributed by atoms with Gasteiger partial charge in [0.1, 0.15) is 0 Å². The summed E-state index contributed by atoms with van der Waals surface area (Å²) in [7, 11) is 2.13. The number of carbonyl (C=O) groups excluding carboxylic acids is 1. The molecule has 0 aromatic heterocycles. The molecule has 5 aliphatic rings. The maximum absolute atomic E-state index is 13.7. The first-order chi connectivity index (χ1) is 14.0. The number of nitrogens with zero attached hydrogens (tertiary/aromatic N) is 1. The van der Waals surface area contributed by atoms with Gasteiger partial charge in [-0.1, -0.05) is 39.5 Å². The maximum Gasteiger partial charge on any atom is 0.226 e. The Balaban J connectivity index is 1.30. The molecule has 1 amide bonds. The molecule has 8 atom stereocenters. The van der Waals surface area contributed by atoms with Crippen LogP contribution in [-0.4, -0.2) is 23.9 Å². The van der Waals surface area contributed by atoms with Gasteiger partial charge in [-0.25, -0.2) is 0 Å². The molecule has 7 unspecified atom stereocenters. The highest BCUT2D eigenvalue weighted by atomic mass is 16.2. The average Bonchev–Trinajstić information content (AvgIpc) is 3.10. The molecule has 0 spiro atoms. The monoisotopic (exact) mass is 399 g/mol. The van der Waals surface area contributed by atoms with E-state index in [1.54, 1.807) is 0 Å². The number of rotatable bonds is 2. The predicted molar refractivity (Wildman–Crippen MR) is 119 cm³/mol. The molecule has 0 aliphatic heterocycles. The highest BCUT2D eigenvalue weighted by molar-refractivity contribution is 5.80. The van der Waals surface area contributed by atoms with Crippen molar-refractivity contribution in [3.05, 3.63) is 0 Å². The molecule has 5 rings (SSSR count). The number of amides is 1. The molecule has 2 nitrogen and oxygen atoms in total. The van der Waals surface area contributed by atoms with Crippen LogP contribution in [0.3, 0.4) is 0 Å². The van der Waals surface area contributed by atoms with E-state index in [1.807, 2.05) is 0 Å². The lowest BCUT2D eigenvalue weighted by Crippen LogP contribution is -2.51. The van der Waals surface area contributed by atoms with Gasteiger partial charge in [-0.2, -0.15) is 0 Å². The summed E-state index contributed by atoms with van der Waals surface area (Å²) in [5, 5.41) is 0. The molecule has 0 aromatic carbocycles. The van der Waals surface area contributed by atoms with Gasteiger partial charge in [0, 0.05) is 19.0 Å². The molecule has 0 N–H and O–H groups in total. The van der Waals surface area contributed by atoms with Gasteiger partial charge >= 0.3 is 0 Å². The van der Waals surface area contributed by atoms with Crippen molar-refractivity contribution in [3.63, 3.8) is 0 Å². The number of fused-ring (bicyclic) bond motifs is 5. The first-order valence-electron chi connectivity index (χ1n) is 13.3. The highest BCUT2D eigenvalue weighted by Crippen LogP contribution is 2.64. The van der Waals surface area contributed by atoms with Crippen molar-refractivity contribution in [2.24, 2.45) is 46.8 Å². The Bertz CT molecular complexity index is 610. The van der Waals surface area contributed by atoms with Gasteiger partial charge < -0.3 is 4.90 Å². The molecule has 5 fully saturated rings. The summed E-state index contributed by atoms with van der Waals surface area (Å²) in [6.45, 7) is 5.02. The van der Waals surface area contributed by atoms with Crippen LogP contribution >= 0.6 is 0 Å². The fraction of sp³-hybridized carbons (Fsp3) is 0.963. The zero-order valence-corrected chi connectivity index (χ0v) is 19.4. The Hall–Kier alpha value is -0.530. The van der Waals surface area contributed by atoms with Crippen LogP contribution in [0, 0.1) is 46.8 Å². The summed E-state index contributed by atoms with van der Waals surface area (Å²) >= 11 is 0. The molecule has 5 saturated carbocycles. The van der Waals surface area contributed by atoms with Gasteiger partial charge in [0.15, 0.2) is 0 Å². The minimum absolute atomic E-state index is 0.288. The van der Waals surface area contributed by atoms with Crippen LogP contribution < -0.4 is 0 Å². The zero-order chi connectivity index (χ0) is 20.2. The second kappa shape index (κ2) is 7.86. The SMILES string of the molecule is CC1CCC2C(CCC3C2CCC2(C)C3CC[C@@H]2C(=O)N(C)C2CCCCC2)C1. The molecule has 2 heteroatoms. The Morgan fingerprint density at radius 1 is 0.828 bits per heavy atom. The van der Waals surface area contributed by atoms with Gasteiger partial charge in [0.2, 0.25) is 5.91 Å². The minimum atomic E-state index is 0.288. The Morgan fingerprint density at radius 2 is 1.59 bits per heavy atom. The van der Waals surface area contributed by atoms with E-state index in [2.05, 4.69) is 25.8 Å². The zero-order valence-electron chi connectivity index (χ0n) is 19.4. The molecule has 5 aliphatic carbocycles. The first kappa shape index (κ1) is 20.4. The van der Waals surface area contributed by atoms with E-state index in [-0.39, 0.29) is 5.41 Å². The standard InChI is InChI=1S/C27H45NO/c1-18-9-11-21-19(17-18)10-12-23-22(21)15-16-27(2)24(23)13-14-25(27)26(29)28(3)20-7-5-4-6-8-20/h18-25H,4-17H2,1-3H3/t18?,19?,21?,22?,23?,24?,25-,27?/m1/s1. The van der Waals surface area contributed by atoms with E-state index >= 15 is 0 Å². The Labute approximate surface area is 179 Å². The molecule has 0 radical (unpaired) electrons. The van der Waals surface area contributed by atoms with Crippen LogP contribution in [0.5, 0.6) is 0 Å². The molecular formula is C27H45NO. The lowest BCUT2D eigenvalue weighted by molar-refractivity contribution is -0.144. The number of carbonyl (C=O) groups is 1. The largest absolute Gasteiger partial charge is 0.343 e. The van der Waals surface area contributed by atoms with E-state index in [0.29, 0.717) is 17.9 Å². The van der Waals surface area contributed by atoms with Gasteiger partial charge in [-0.3, -0.25) is 4.79 Å². The summed E-state index contributed by atoms with van der Waals surface area (Å²) in [6, 6.07) is 0.523. The number of hydrogen-bond acceptors (Lipinski definition) is 1. The molecule has 29 heavy (non-hydrogen) atoms. The van der Waals surface area contributed by atoms with Crippen molar-refractivity contribution in [2.75, 3.05) is 7.05 Å². The van der Waals surface area contributed by atoms with E-state index in [9.17, 15) is 4.79 Å². The normalized spacial score (nSPS) is 47.8. The lowest BCUT2D eigenvalue weighted by atomic mass is 9.49. The van der Waals surface area contributed by atoms with E-state index in [0.717, 1.165) is 35.5 Å². The summed E-state index contributed by atoms with van der Waals surface area (Å²) < 4.78 is 0. The van der Waals surface area contributed by atoms with Gasteiger partial charge in [-0.05, 0) is 105 Å². The van der Waals surface area contributed by atoms with E-state index in [1.165, 1.54) is 89.9 Å². The third kappa shape index (κ3) is 3.39. The summed E-state index contributed by atoms with van der Waals surface area (Å²) in [4.78, 5) is 15.9. The van der Waals surface area contributed by atoms with Crippen molar-refractivity contribution in [1.82, 2.24) is 4.90 Å². The summed E-state index contributed by atoms with van der Waals surface area (Å²) in [5.41, 5.74) is 0.288. The quantitative estimate of drug-likeness (QED) is 0.507. The smallest absolute Gasteiger partial charge is 0.226 e. The lowest BCUT2D eigenvalue weighted by Gasteiger charge is -2.56. The molecule has 0 aromatic rings. The third-order valence-electron chi connectivity index (χ3n) is 11.0. The van der Waals surface area contributed by atoms with E-state index < -0.39 is 0 Å². The van der Waals surface area contributed by atoms with Gasteiger partial charge in [-0.15, -0.1) is 0 Å². The predicted octanol–water partition coefficient (Wildman–Crippen LogP) is 6.68. The van der Waals surface area contributed by atoms with Crippen molar-refractivity contribution in [1.29, 1.82) is 0 Å².